The molecule has 1 aromatic heterocycles. The Morgan fingerprint density at radius 2 is 1.62 bits per heavy atom. The van der Waals surface area contributed by atoms with Crippen molar-refractivity contribution in [1.82, 2.24) is 0 Å². The Balaban J connectivity index is 1.48. The second-order valence-electron chi connectivity index (χ2n) is 7.52. The van der Waals surface area contributed by atoms with Crippen molar-refractivity contribution in [1.29, 1.82) is 0 Å². The number of aryl methyl sites for hydroxylation is 2. The first-order valence-corrected chi connectivity index (χ1v) is 12.5. The van der Waals surface area contributed by atoms with Gasteiger partial charge < -0.3 is 9.73 Å². The monoisotopic (exact) mass is 537 g/mol. The number of carbonyl (C=O) groups is 1. The molecule has 1 N–H and O–H groups in total. The normalized spacial score (nSPS) is 11.6. The zero-order valence-electron chi connectivity index (χ0n) is 18.3. The summed E-state index contributed by atoms with van der Waals surface area (Å²) in [5, 5.41) is 11.0. The predicted molar refractivity (Wildman–Crippen MR) is 133 cm³/mol. The molecule has 0 spiro atoms. The number of sulfone groups is 1. The lowest BCUT2D eigenvalue weighted by Gasteiger charge is -2.07. The molecule has 0 aliphatic heterocycles. The number of hydrogen-bond donors (Lipinski definition) is 1. The number of rotatable bonds is 6. The molecular weight excluding hydrogens is 518 g/mol. The number of nitrogens with zero attached hydrogens (tertiary/aromatic N) is 2. The molecule has 0 fully saturated rings. The minimum Gasteiger partial charge on any atom is -0.439 e. The Labute approximate surface area is 205 Å². The highest BCUT2D eigenvalue weighted by atomic mass is 79.9. The van der Waals surface area contributed by atoms with Gasteiger partial charge in [0.1, 0.15) is 0 Å². The first-order chi connectivity index (χ1) is 16.2. The molecule has 0 saturated carbocycles. The molecule has 0 radical (unpaired) electrons. The Morgan fingerprint density at radius 3 is 2.32 bits per heavy atom. The summed E-state index contributed by atoms with van der Waals surface area (Å²) >= 11 is 3.27. The number of amides is 1. The molecule has 9 heteroatoms. The van der Waals surface area contributed by atoms with Crippen LogP contribution in [-0.2, 0) is 9.84 Å². The van der Waals surface area contributed by atoms with E-state index in [-0.39, 0.29) is 15.7 Å². The predicted octanol–water partition coefficient (Wildman–Crippen LogP) is 7.16. The smallest absolute Gasteiger partial charge is 0.291 e. The van der Waals surface area contributed by atoms with E-state index in [1.165, 1.54) is 24.3 Å². The molecule has 1 heterocycles. The van der Waals surface area contributed by atoms with Crippen LogP contribution in [0.15, 0.2) is 108 Å². The van der Waals surface area contributed by atoms with Crippen molar-refractivity contribution in [3.8, 4) is 0 Å². The summed E-state index contributed by atoms with van der Waals surface area (Å²) in [7, 11) is -3.88. The highest BCUT2D eigenvalue weighted by Gasteiger charge is 2.23. The van der Waals surface area contributed by atoms with Crippen LogP contribution in [0.25, 0.3) is 0 Å². The Morgan fingerprint density at radius 1 is 0.882 bits per heavy atom. The highest BCUT2D eigenvalue weighted by Crippen LogP contribution is 2.27. The third-order valence-electron chi connectivity index (χ3n) is 5.04. The molecule has 0 bridgehead atoms. The first-order valence-electron chi connectivity index (χ1n) is 10.2. The number of azo groups is 1. The second-order valence-corrected chi connectivity index (χ2v) is 10.3. The lowest BCUT2D eigenvalue weighted by Crippen LogP contribution is -2.11. The second kappa shape index (κ2) is 9.74. The van der Waals surface area contributed by atoms with Crippen molar-refractivity contribution in [3.05, 3.63) is 100 Å². The molecule has 0 aliphatic carbocycles. The molecule has 4 aromatic rings. The largest absolute Gasteiger partial charge is 0.439 e. The minimum atomic E-state index is -3.88. The Hall–Kier alpha value is -3.56. The summed E-state index contributed by atoms with van der Waals surface area (Å²) in [6, 6.07) is 21.7. The fourth-order valence-electron chi connectivity index (χ4n) is 3.14. The van der Waals surface area contributed by atoms with Crippen LogP contribution >= 0.6 is 15.9 Å². The number of nitrogens with one attached hydrogen (secondary N) is 1. The number of anilines is 1. The lowest BCUT2D eigenvalue weighted by molar-refractivity contribution is 0.0991. The maximum absolute atomic E-state index is 12.8. The molecule has 0 aliphatic rings. The number of benzene rings is 3. The van der Waals surface area contributed by atoms with E-state index in [4.69, 9.17) is 4.42 Å². The fourth-order valence-corrected chi connectivity index (χ4v) is 4.58. The van der Waals surface area contributed by atoms with Crippen LogP contribution in [0.1, 0.15) is 21.7 Å². The van der Waals surface area contributed by atoms with E-state index in [0.717, 1.165) is 21.3 Å². The van der Waals surface area contributed by atoms with Gasteiger partial charge in [-0.15, -0.1) is 0 Å². The van der Waals surface area contributed by atoms with E-state index in [9.17, 15) is 13.2 Å². The van der Waals surface area contributed by atoms with Gasteiger partial charge in [0.25, 0.3) is 5.91 Å². The molecule has 34 heavy (non-hydrogen) atoms. The van der Waals surface area contributed by atoms with Gasteiger partial charge in [-0.1, -0.05) is 34.1 Å². The summed E-state index contributed by atoms with van der Waals surface area (Å²) < 4.78 is 31.6. The SMILES string of the molecule is Cc1ccccc1N=Nc1ccc(NC(=O)c2ccc(S(=O)(=O)c3ccc(Br)cc3)o2)c(C)c1. The molecule has 1 amide bonds. The summed E-state index contributed by atoms with van der Waals surface area (Å²) in [6.07, 6.45) is 0. The van der Waals surface area contributed by atoms with E-state index < -0.39 is 15.7 Å². The maximum Gasteiger partial charge on any atom is 0.291 e. The van der Waals surface area contributed by atoms with Gasteiger partial charge in [-0.2, -0.15) is 10.2 Å². The van der Waals surface area contributed by atoms with Gasteiger partial charge >= 0.3 is 0 Å². The van der Waals surface area contributed by atoms with Crippen molar-refractivity contribution in [2.75, 3.05) is 5.32 Å². The van der Waals surface area contributed by atoms with Crippen LogP contribution in [0.3, 0.4) is 0 Å². The van der Waals surface area contributed by atoms with Crippen molar-refractivity contribution in [2.24, 2.45) is 10.2 Å². The third-order valence-corrected chi connectivity index (χ3v) is 7.21. The minimum absolute atomic E-state index is 0.0725. The molecule has 3 aromatic carbocycles. The van der Waals surface area contributed by atoms with Gasteiger partial charge in [0, 0.05) is 10.2 Å². The van der Waals surface area contributed by atoms with Crippen molar-refractivity contribution in [3.63, 3.8) is 0 Å². The van der Waals surface area contributed by atoms with Gasteiger partial charge in [-0.3, -0.25) is 4.79 Å². The molecular formula is C25H20BrN3O4S. The van der Waals surface area contributed by atoms with Gasteiger partial charge in [-0.05, 0) is 85.6 Å². The van der Waals surface area contributed by atoms with Gasteiger partial charge in [0.2, 0.25) is 14.9 Å². The van der Waals surface area contributed by atoms with Crippen LogP contribution in [0.4, 0.5) is 17.1 Å². The van der Waals surface area contributed by atoms with Gasteiger partial charge in [-0.25, -0.2) is 8.42 Å². The van der Waals surface area contributed by atoms with E-state index in [1.807, 2.05) is 38.1 Å². The van der Waals surface area contributed by atoms with E-state index in [1.54, 1.807) is 30.3 Å². The van der Waals surface area contributed by atoms with Crippen molar-refractivity contribution in [2.45, 2.75) is 23.8 Å². The first kappa shape index (κ1) is 23.6. The van der Waals surface area contributed by atoms with E-state index in [2.05, 4.69) is 31.5 Å². The molecule has 172 valence electrons. The molecule has 0 unspecified atom stereocenters. The van der Waals surface area contributed by atoms with Crippen LogP contribution < -0.4 is 5.32 Å². The number of hydrogen-bond acceptors (Lipinski definition) is 6. The molecule has 0 atom stereocenters. The number of carbonyl (C=O) groups excluding carboxylic acids is 1. The quantitative estimate of drug-likeness (QED) is 0.263. The summed E-state index contributed by atoms with van der Waals surface area (Å²) in [6.45, 7) is 3.79. The molecule has 4 rings (SSSR count). The Kier molecular flexibility index (Phi) is 6.76. The maximum atomic E-state index is 12.8. The van der Waals surface area contributed by atoms with E-state index >= 15 is 0 Å². The zero-order valence-corrected chi connectivity index (χ0v) is 20.7. The van der Waals surface area contributed by atoms with Crippen LogP contribution in [-0.4, -0.2) is 14.3 Å². The fraction of sp³-hybridized carbons (Fsp3) is 0.0800. The summed E-state index contributed by atoms with van der Waals surface area (Å²) in [5.41, 5.74) is 3.76. The highest BCUT2D eigenvalue weighted by molar-refractivity contribution is 9.10. The topological polar surface area (TPSA) is 101 Å². The van der Waals surface area contributed by atoms with Crippen molar-refractivity contribution >= 4 is 48.7 Å². The van der Waals surface area contributed by atoms with Crippen LogP contribution in [0.5, 0.6) is 0 Å². The number of halogens is 1. The molecule has 7 nitrogen and oxygen atoms in total. The van der Waals surface area contributed by atoms with Crippen LogP contribution in [0.2, 0.25) is 0 Å². The Bertz CT molecular complexity index is 1490. The summed E-state index contributed by atoms with van der Waals surface area (Å²) in [5.74, 6) is -0.673. The van der Waals surface area contributed by atoms with Gasteiger partial charge in [0.05, 0.1) is 16.3 Å². The zero-order chi connectivity index (χ0) is 24.3. The van der Waals surface area contributed by atoms with E-state index in [0.29, 0.717) is 11.4 Å². The van der Waals surface area contributed by atoms with Gasteiger partial charge in [0.15, 0.2) is 5.76 Å². The lowest BCUT2D eigenvalue weighted by atomic mass is 10.2. The van der Waals surface area contributed by atoms with Crippen LogP contribution in [0, 0.1) is 13.8 Å². The average molecular weight is 538 g/mol. The third kappa shape index (κ3) is 5.16. The number of furan rings is 1. The molecule has 0 saturated heterocycles. The average Bonchev–Trinajstić information content (AvgIpc) is 3.32. The van der Waals surface area contributed by atoms with Crippen molar-refractivity contribution < 1.29 is 17.6 Å². The standard InChI is InChI=1S/C25H20BrN3O4S/c1-16-5-3-4-6-22(16)29-28-19-9-12-21(17(2)15-19)27-25(30)23-13-14-24(33-23)34(31,32)20-10-7-18(26)8-11-20/h3-15H,1-2H3,(H,27,30). The summed E-state index contributed by atoms with van der Waals surface area (Å²) in [4.78, 5) is 12.7.